The first kappa shape index (κ1) is 16.7. The number of hydrogen-bond donors (Lipinski definition) is 0. The molecule has 0 radical (unpaired) electrons. The Morgan fingerprint density at radius 1 is 0.846 bits per heavy atom. The van der Waals surface area contributed by atoms with Crippen LogP contribution in [0.25, 0.3) is 10.9 Å². The van der Waals surface area contributed by atoms with Crippen LogP contribution in [0.1, 0.15) is 5.56 Å². The molecule has 0 N–H and O–H groups in total. The van der Waals surface area contributed by atoms with Crippen LogP contribution in [0.5, 0.6) is 5.75 Å². The molecule has 0 aliphatic heterocycles. The van der Waals surface area contributed by atoms with Gasteiger partial charge in [-0.2, -0.15) is 0 Å². The summed E-state index contributed by atoms with van der Waals surface area (Å²) in [6, 6.07) is 26.2. The number of nitrogens with zero attached hydrogens (tertiary/aromatic N) is 1. The summed E-state index contributed by atoms with van der Waals surface area (Å²) in [6.07, 6.45) is 1.79. The molecular formula is C22H17BClNO. The quantitative estimate of drug-likeness (QED) is 0.506. The Labute approximate surface area is 158 Å². The van der Waals surface area contributed by atoms with E-state index in [4.69, 9.17) is 16.3 Å². The first-order valence-electron chi connectivity index (χ1n) is 8.54. The van der Waals surface area contributed by atoms with Crippen molar-refractivity contribution in [3.05, 3.63) is 95.6 Å². The van der Waals surface area contributed by atoms with Crippen LogP contribution in [-0.4, -0.2) is 11.9 Å². The molecule has 0 saturated heterocycles. The second kappa shape index (κ2) is 7.23. The zero-order chi connectivity index (χ0) is 17.9. The van der Waals surface area contributed by atoms with Crippen molar-refractivity contribution in [2.24, 2.45) is 0 Å². The smallest absolute Gasteiger partial charge is 0.426 e. The average Bonchev–Trinajstić information content (AvgIpc) is 2.69. The van der Waals surface area contributed by atoms with E-state index >= 15 is 0 Å². The number of pyridine rings is 1. The normalized spacial score (nSPS) is 10.7. The Morgan fingerprint density at radius 2 is 1.65 bits per heavy atom. The zero-order valence-electron chi connectivity index (χ0n) is 14.4. The summed E-state index contributed by atoms with van der Waals surface area (Å²) in [6.45, 7) is 1.74. The van der Waals surface area contributed by atoms with Crippen LogP contribution >= 0.6 is 11.6 Å². The standard InChI is InChI=1S/C22H17BClNO/c1-16-12-13-19(15-20(16)24)23(18-9-3-2-4-10-18)26-21-11-5-7-17-8-6-14-25-22(17)21/h2-15H,1H3. The molecule has 0 bridgehead atoms. The van der Waals surface area contributed by atoms with E-state index < -0.39 is 0 Å². The molecule has 3 aromatic carbocycles. The molecule has 0 spiro atoms. The van der Waals surface area contributed by atoms with Gasteiger partial charge in [0, 0.05) is 16.6 Å². The maximum Gasteiger partial charge on any atom is 0.426 e. The third-order valence-electron chi connectivity index (χ3n) is 4.44. The summed E-state index contributed by atoms with van der Waals surface area (Å²) in [4.78, 5) is 4.50. The van der Waals surface area contributed by atoms with Crippen molar-refractivity contribution in [3.8, 4) is 5.75 Å². The molecule has 0 aliphatic rings. The average molecular weight is 358 g/mol. The third kappa shape index (κ3) is 3.31. The second-order valence-electron chi connectivity index (χ2n) is 6.25. The molecule has 4 rings (SSSR count). The SMILES string of the molecule is Cc1ccc(B(Oc2cccc3cccnc23)c2ccccc2)cc1Cl. The summed E-state index contributed by atoms with van der Waals surface area (Å²) >= 11 is 6.38. The number of halogens is 1. The zero-order valence-corrected chi connectivity index (χ0v) is 15.1. The predicted octanol–water partition coefficient (Wildman–Crippen LogP) is 4.38. The van der Waals surface area contributed by atoms with Crippen LogP contribution in [0, 0.1) is 6.92 Å². The summed E-state index contributed by atoms with van der Waals surface area (Å²) in [5.41, 5.74) is 3.99. The number of rotatable bonds is 4. The van der Waals surface area contributed by atoms with Crippen LogP contribution < -0.4 is 15.6 Å². The fourth-order valence-corrected chi connectivity index (χ4v) is 3.22. The van der Waals surface area contributed by atoms with E-state index in [1.165, 1.54) is 0 Å². The number of fused-ring (bicyclic) bond motifs is 1. The Balaban J connectivity index is 1.81. The molecule has 0 saturated carbocycles. The lowest BCUT2D eigenvalue weighted by Gasteiger charge is -2.18. The van der Waals surface area contributed by atoms with E-state index in [1.54, 1.807) is 6.20 Å². The minimum atomic E-state index is -0.262. The van der Waals surface area contributed by atoms with Gasteiger partial charge in [0.25, 0.3) is 0 Å². The van der Waals surface area contributed by atoms with Gasteiger partial charge in [0.2, 0.25) is 0 Å². The first-order chi connectivity index (χ1) is 12.7. The lowest BCUT2D eigenvalue weighted by Crippen LogP contribution is -2.47. The van der Waals surface area contributed by atoms with Gasteiger partial charge in [-0.1, -0.05) is 72.3 Å². The Hall–Kier alpha value is -2.78. The van der Waals surface area contributed by atoms with E-state index in [1.807, 2.05) is 67.6 Å². The maximum absolute atomic E-state index is 6.47. The van der Waals surface area contributed by atoms with Crippen molar-refractivity contribution in [1.29, 1.82) is 0 Å². The molecule has 0 atom stereocenters. The number of hydrogen-bond acceptors (Lipinski definition) is 2. The van der Waals surface area contributed by atoms with Crippen molar-refractivity contribution in [3.63, 3.8) is 0 Å². The minimum Gasteiger partial charge on any atom is -0.550 e. The van der Waals surface area contributed by atoms with Crippen LogP contribution in [0.15, 0.2) is 85.1 Å². The largest absolute Gasteiger partial charge is 0.550 e. The highest BCUT2D eigenvalue weighted by Crippen LogP contribution is 2.23. The van der Waals surface area contributed by atoms with Gasteiger partial charge in [0.05, 0.1) is 0 Å². The molecule has 1 aromatic heterocycles. The Bertz CT molecular complexity index is 1050. The number of benzene rings is 3. The van der Waals surface area contributed by atoms with E-state index in [2.05, 4.69) is 23.2 Å². The van der Waals surface area contributed by atoms with Crippen molar-refractivity contribution < 1.29 is 4.65 Å². The predicted molar refractivity (Wildman–Crippen MR) is 110 cm³/mol. The number of para-hydroxylation sites is 1. The molecule has 0 fully saturated rings. The van der Waals surface area contributed by atoms with E-state index in [0.717, 1.165) is 38.2 Å². The third-order valence-corrected chi connectivity index (χ3v) is 4.85. The molecule has 0 aliphatic carbocycles. The molecular weight excluding hydrogens is 341 g/mol. The van der Waals surface area contributed by atoms with Crippen molar-refractivity contribution in [2.75, 3.05) is 0 Å². The second-order valence-corrected chi connectivity index (χ2v) is 6.66. The van der Waals surface area contributed by atoms with Gasteiger partial charge in [-0.25, -0.2) is 0 Å². The molecule has 26 heavy (non-hydrogen) atoms. The molecule has 4 aromatic rings. The fourth-order valence-electron chi connectivity index (χ4n) is 3.03. The van der Waals surface area contributed by atoms with Crippen LogP contribution in [0.2, 0.25) is 5.02 Å². The number of aryl methyl sites for hydroxylation is 1. The highest BCUT2D eigenvalue weighted by atomic mass is 35.5. The van der Waals surface area contributed by atoms with Crippen LogP contribution in [-0.2, 0) is 0 Å². The van der Waals surface area contributed by atoms with Crippen molar-refractivity contribution >= 4 is 40.3 Å². The molecule has 1 heterocycles. The summed E-state index contributed by atoms with van der Waals surface area (Å²) < 4.78 is 6.47. The first-order valence-corrected chi connectivity index (χ1v) is 8.91. The summed E-state index contributed by atoms with van der Waals surface area (Å²) in [5, 5.41) is 1.79. The maximum atomic E-state index is 6.47. The highest BCUT2D eigenvalue weighted by Gasteiger charge is 2.25. The van der Waals surface area contributed by atoms with Gasteiger partial charge in [0.15, 0.2) is 0 Å². The monoisotopic (exact) mass is 357 g/mol. The minimum absolute atomic E-state index is 0.262. The van der Waals surface area contributed by atoms with Gasteiger partial charge < -0.3 is 4.65 Å². The lowest BCUT2D eigenvalue weighted by atomic mass is 9.55. The Morgan fingerprint density at radius 3 is 2.46 bits per heavy atom. The van der Waals surface area contributed by atoms with Crippen molar-refractivity contribution in [1.82, 2.24) is 4.98 Å². The van der Waals surface area contributed by atoms with Gasteiger partial charge in [-0.15, -0.1) is 0 Å². The number of aromatic nitrogens is 1. The molecule has 4 heteroatoms. The van der Waals surface area contributed by atoms with E-state index in [9.17, 15) is 0 Å². The lowest BCUT2D eigenvalue weighted by molar-refractivity contribution is 0.597. The molecule has 126 valence electrons. The van der Waals surface area contributed by atoms with Crippen LogP contribution in [0.4, 0.5) is 0 Å². The van der Waals surface area contributed by atoms with E-state index in [-0.39, 0.29) is 6.92 Å². The fraction of sp³-hybridized carbons (Fsp3) is 0.0455. The Kier molecular flexibility index (Phi) is 4.64. The van der Waals surface area contributed by atoms with Gasteiger partial charge >= 0.3 is 6.92 Å². The molecule has 0 unspecified atom stereocenters. The topological polar surface area (TPSA) is 22.1 Å². The van der Waals surface area contributed by atoms with E-state index in [0.29, 0.717) is 0 Å². The summed E-state index contributed by atoms with van der Waals surface area (Å²) in [7, 11) is 0. The summed E-state index contributed by atoms with van der Waals surface area (Å²) in [5.74, 6) is 0.758. The molecule has 2 nitrogen and oxygen atoms in total. The van der Waals surface area contributed by atoms with Gasteiger partial charge in [-0.3, -0.25) is 4.98 Å². The van der Waals surface area contributed by atoms with Gasteiger partial charge in [-0.05, 0) is 41.6 Å². The van der Waals surface area contributed by atoms with Crippen LogP contribution in [0.3, 0.4) is 0 Å². The molecule has 0 amide bonds. The van der Waals surface area contributed by atoms with Gasteiger partial charge in [0.1, 0.15) is 11.3 Å². The highest BCUT2D eigenvalue weighted by molar-refractivity contribution is 6.80. The van der Waals surface area contributed by atoms with Crippen molar-refractivity contribution in [2.45, 2.75) is 6.92 Å².